The molecule has 0 amide bonds. The summed E-state index contributed by atoms with van der Waals surface area (Å²) in [6, 6.07) is 1.82. The molecule has 11 heavy (non-hydrogen) atoms. The maximum Gasteiger partial charge on any atom is 0.144 e. The van der Waals surface area contributed by atoms with E-state index in [1.54, 1.807) is 13.3 Å². The molecule has 0 bridgehead atoms. The molecule has 60 valence electrons. The summed E-state index contributed by atoms with van der Waals surface area (Å²) in [6.45, 7) is 4.12. The highest BCUT2D eigenvalue weighted by Gasteiger charge is 2.07. The number of aromatic nitrogens is 2. The molecule has 0 fully saturated rings. The average Bonchev–Trinajstić information content (AvgIpc) is 2.04. The van der Waals surface area contributed by atoms with Crippen LogP contribution in [0.4, 0.5) is 0 Å². The van der Waals surface area contributed by atoms with Crippen molar-refractivity contribution >= 4 is 0 Å². The molecular weight excluding hydrogens is 140 g/mol. The molecule has 0 saturated carbocycles. The quantitative estimate of drug-likeness (QED) is 0.645. The lowest BCUT2D eigenvalue weighted by Crippen LogP contribution is -1.98. The van der Waals surface area contributed by atoms with Crippen molar-refractivity contribution in [2.24, 2.45) is 0 Å². The number of hydrogen-bond donors (Lipinski definition) is 0. The van der Waals surface area contributed by atoms with E-state index in [1.807, 2.05) is 6.07 Å². The standard InChI is InChI=1S/C8H12N2O/c1-6(2)8-7(11-3)4-5-9-10-8/h4-6H,1-3H3. The summed E-state index contributed by atoms with van der Waals surface area (Å²) in [4.78, 5) is 0. The highest BCUT2D eigenvalue weighted by Crippen LogP contribution is 2.21. The first kappa shape index (κ1) is 7.98. The van der Waals surface area contributed by atoms with E-state index < -0.39 is 0 Å². The number of hydrogen-bond acceptors (Lipinski definition) is 3. The third kappa shape index (κ3) is 1.67. The highest BCUT2D eigenvalue weighted by molar-refractivity contribution is 5.26. The Morgan fingerprint density at radius 1 is 1.45 bits per heavy atom. The van der Waals surface area contributed by atoms with E-state index in [0.717, 1.165) is 11.4 Å². The number of rotatable bonds is 2. The fourth-order valence-corrected chi connectivity index (χ4v) is 0.904. The van der Waals surface area contributed by atoms with Crippen molar-refractivity contribution in [2.75, 3.05) is 7.11 Å². The molecule has 1 aromatic heterocycles. The van der Waals surface area contributed by atoms with Crippen molar-refractivity contribution in [3.05, 3.63) is 18.0 Å². The van der Waals surface area contributed by atoms with Gasteiger partial charge in [0, 0.05) is 12.0 Å². The summed E-state index contributed by atoms with van der Waals surface area (Å²) in [7, 11) is 1.64. The van der Waals surface area contributed by atoms with Crippen molar-refractivity contribution in [1.82, 2.24) is 10.2 Å². The second kappa shape index (κ2) is 3.32. The Kier molecular flexibility index (Phi) is 2.41. The van der Waals surface area contributed by atoms with Crippen LogP contribution in [0.3, 0.4) is 0 Å². The molecule has 0 atom stereocenters. The van der Waals surface area contributed by atoms with Crippen LogP contribution < -0.4 is 4.74 Å². The maximum atomic E-state index is 5.10. The fraction of sp³-hybridized carbons (Fsp3) is 0.500. The minimum Gasteiger partial charge on any atom is -0.495 e. The van der Waals surface area contributed by atoms with E-state index in [-0.39, 0.29) is 0 Å². The number of nitrogens with zero attached hydrogens (tertiary/aromatic N) is 2. The Bertz CT molecular complexity index is 235. The predicted molar refractivity (Wildman–Crippen MR) is 42.7 cm³/mol. The largest absolute Gasteiger partial charge is 0.495 e. The first-order valence-electron chi connectivity index (χ1n) is 3.61. The number of ether oxygens (including phenoxy) is 1. The summed E-state index contributed by atoms with van der Waals surface area (Å²) in [5, 5.41) is 7.76. The first-order valence-corrected chi connectivity index (χ1v) is 3.61. The lowest BCUT2D eigenvalue weighted by atomic mass is 10.1. The number of methoxy groups -OCH3 is 1. The maximum absolute atomic E-state index is 5.10. The fourth-order valence-electron chi connectivity index (χ4n) is 0.904. The van der Waals surface area contributed by atoms with E-state index in [4.69, 9.17) is 4.74 Å². The molecule has 0 aliphatic heterocycles. The normalized spacial score (nSPS) is 10.2. The molecule has 0 aliphatic carbocycles. The molecule has 0 unspecified atom stereocenters. The van der Waals surface area contributed by atoms with Crippen LogP contribution in [0.25, 0.3) is 0 Å². The van der Waals surface area contributed by atoms with Gasteiger partial charge in [0.05, 0.1) is 13.3 Å². The third-order valence-corrected chi connectivity index (χ3v) is 1.48. The van der Waals surface area contributed by atoms with E-state index in [2.05, 4.69) is 24.0 Å². The van der Waals surface area contributed by atoms with Crippen molar-refractivity contribution in [1.29, 1.82) is 0 Å². The van der Waals surface area contributed by atoms with Gasteiger partial charge in [0.25, 0.3) is 0 Å². The smallest absolute Gasteiger partial charge is 0.144 e. The minimum atomic E-state index is 0.360. The second-order valence-corrected chi connectivity index (χ2v) is 2.64. The summed E-state index contributed by atoms with van der Waals surface area (Å²) >= 11 is 0. The molecule has 1 heterocycles. The zero-order valence-corrected chi connectivity index (χ0v) is 7.03. The Morgan fingerprint density at radius 3 is 2.64 bits per heavy atom. The third-order valence-electron chi connectivity index (χ3n) is 1.48. The molecule has 0 spiro atoms. The zero-order chi connectivity index (χ0) is 8.27. The van der Waals surface area contributed by atoms with Gasteiger partial charge in [0.15, 0.2) is 0 Å². The van der Waals surface area contributed by atoms with Gasteiger partial charge in [0.1, 0.15) is 11.4 Å². The molecule has 0 saturated heterocycles. The molecule has 3 nitrogen and oxygen atoms in total. The molecular formula is C8H12N2O. The van der Waals surface area contributed by atoms with Crippen LogP contribution in [0.5, 0.6) is 5.75 Å². The van der Waals surface area contributed by atoms with Crippen molar-refractivity contribution in [3.8, 4) is 5.75 Å². The van der Waals surface area contributed by atoms with E-state index >= 15 is 0 Å². The Balaban J connectivity index is 3.02. The van der Waals surface area contributed by atoms with Crippen LogP contribution in [-0.4, -0.2) is 17.3 Å². The molecule has 3 heteroatoms. The van der Waals surface area contributed by atoms with E-state index in [1.165, 1.54) is 0 Å². The molecule has 0 aliphatic rings. The molecule has 1 rings (SSSR count). The lowest BCUT2D eigenvalue weighted by Gasteiger charge is -2.07. The Hall–Kier alpha value is -1.12. The van der Waals surface area contributed by atoms with E-state index in [0.29, 0.717) is 5.92 Å². The van der Waals surface area contributed by atoms with Gasteiger partial charge in [-0.2, -0.15) is 10.2 Å². The van der Waals surface area contributed by atoms with Crippen LogP contribution in [-0.2, 0) is 0 Å². The summed E-state index contributed by atoms with van der Waals surface area (Å²) in [5.74, 6) is 1.17. The molecule has 1 aromatic rings. The van der Waals surface area contributed by atoms with Gasteiger partial charge in [-0.1, -0.05) is 13.8 Å². The van der Waals surface area contributed by atoms with Gasteiger partial charge >= 0.3 is 0 Å². The second-order valence-electron chi connectivity index (χ2n) is 2.64. The Labute approximate surface area is 66.4 Å². The van der Waals surface area contributed by atoms with Crippen molar-refractivity contribution in [3.63, 3.8) is 0 Å². The van der Waals surface area contributed by atoms with E-state index in [9.17, 15) is 0 Å². The van der Waals surface area contributed by atoms with Gasteiger partial charge in [-0.05, 0) is 0 Å². The van der Waals surface area contributed by atoms with Crippen molar-refractivity contribution in [2.45, 2.75) is 19.8 Å². The van der Waals surface area contributed by atoms with Gasteiger partial charge in [-0.15, -0.1) is 0 Å². The van der Waals surface area contributed by atoms with Gasteiger partial charge in [0.2, 0.25) is 0 Å². The molecule has 0 N–H and O–H groups in total. The molecule has 0 radical (unpaired) electrons. The van der Waals surface area contributed by atoms with Gasteiger partial charge < -0.3 is 4.74 Å². The summed E-state index contributed by atoms with van der Waals surface area (Å²) in [6.07, 6.45) is 1.63. The zero-order valence-electron chi connectivity index (χ0n) is 7.03. The highest BCUT2D eigenvalue weighted by atomic mass is 16.5. The monoisotopic (exact) mass is 152 g/mol. The first-order chi connectivity index (χ1) is 5.25. The molecule has 0 aromatic carbocycles. The van der Waals surface area contributed by atoms with Gasteiger partial charge in [-0.25, -0.2) is 0 Å². The van der Waals surface area contributed by atoms with Crippen LogP contribution in [0.2, 0.25) is 0 Å². The predicted octanol–water partition coefficient (Wildman–Crippen LogP) is 1.61. The lowest BCUT2D eigenvalue weighted by molar-refractivity contribution is 0.402. The topological polar surface area (TPSA) is 35.0 Å². The summed E-state index contributed by atoms with van der Waals surface area (Å²) in [5.41, 5.74) is 0.912. The van der Waals surface area contributed by atoms with Crippen LogP contribution in [0.15, 0.2) is 12.3 Å². The Morgan fingerprint density at radius 2 is 2.18 bits per heavy atom. The minimum absolute atomic E-state index is 0.360. The van der Waals surface area contributed by atoms with Crippen LogP contribution in [0, 0.1) is 0 Å². The van der Waals surface area contributed by atoms with Gasteiger partial charge in [-0.3, -0.25) is 0 Å². The van der Waals surface area contributed by atoms with Crippen LogP contribution >= 0.6 is 0 Å². The van der Waals surface area contributed by atoms with Crippen molar-refractivity contribution < 1.29 is 4.74 Å². The SMILES string of the molecule is COc1ccnnc1C(C)C. The summed E-state index contributed by atoms with van der Waals surface area (Å²) < 4.78 is 5.10. The van der Waals surface area contributed by atoms with Crippen LogP contribution in [0.1, 0.15) is 25.5 Å². The average molecular weight is 152 g/mol.